The van der Waals surface area contributed by atoms with Crippen molar-refractivity contribution in [1.29, 1.82) is 0 Å². The second-order valence-electron chi connectivity index (χ2n) is 6.50. The molecule has 0 bridgehead atoms. The van der Waals surface area contributed by atoms with Gasteiger partial charge in [0.05, 0.1) is 13.2 Å². The molecule has 152 valence electrons. The number of aliphatic carboxylic acids is 1. The van der Waals surface area contributed by atoms with Gasteiger partial charge >= 0.3 is 5.97 Å². The standard InChI is InChI=1S/C21H23N3O5/c1-3-4-10-28-16-6-8-19(20(25)13-16)24-22-17-7-5-15(12-18(17)23-24)29-11-9-14(2)21(26)27/h5-8,12-13,25H,2-4,9-11H2,1H3,(H,26,27). The van der Waals surface area contributed by atoms with Gasteiger partial charge in [0.1, 0.15) is 34.0 Å². The molecule has 0 spiro atoms. The molecule has 0 unspecified atom stereocenters. The summed E-state index contributed by atoms with van der Waals surface area (Å²) in [7, 11) is 0. The number of benzene rings is 2. The first-order valence-electron chi connectivity index (χ1n) is 9.35. The summed E-state index contributed by atoms with van der Waals surface area (Å²) < 4.78 is 11.2. The third-order valence-corrected chi connectivity index (χ3v) is 4.26. The Bertz CT molecular complexity index is 1030. The second kappa shape index (κ2) is 9.09. The molecule has 2 N–H and O–H groups in total. The Hall–Kier alpha value is -3.55. The fourth-order valence-electron chi connectivity index (χ4n) is 2.59. The van der Waals surface area contributed by atoms with Crippen LogP contribution >= 0.6 is 0 Å². The molecule has 8 nitrogen and oxygen atoms in total. The van der Waals surface area contributed by atoms with Crippen LogP contribution in [0, 0.1) is 0 Å². The molecule has 3 aromatic rings. The molecule has 0 atom stereocenters. The van der Waals surface area contributed by atoms with Crippen molar-refractivity contribution in [2.45, 2.75) is 26.2 Å². The predicted molar refractivity (Wildman–Crippen MR) is 108 cm³/mol. The Labute approximate surface area is 168 Å². The zero-order chi connectivity index (χ0) is 20.8. The van der Waals surface area contributed by atoms with Crippen LogP contribution in [0.2, 0.25) is 0 Å². The average Bonchev–Trinajstić information content (AvgIpc) is 3.11. The maximum absolute atomic E-state index is 10.8. The third kappa shape index (κ3) is 5.04. The minimum absolute atomic E-state index is 0.0166. The van der Waals surface area contributed by atoms with Crippen LogP contribution in [-0.2, 0) is 4.79 Å². The van der Waals surface area contributed by atoms with Gasteiger partial charge < -0.3 is 19.7 Å². The molecule has 0 aliphatic rings. The third-order valence-electron chi connectivity index (χ3n) is 4.26. The first-order valence-corrected chi connectivity index (χ1v) is 9.35. The summed E-state index contributed by atoms with van der Waals surface area (Å²) in [6.07, 6.45) is 2.21. The number of phenols is 1. The highest BCUT2D eigenvalue weighted by Gasteiger charge is 2.11. The van der Waals surface area contributed by atoms with Gasteiger partial charge in [0.25, 0.3) is 0 Å². The molecule has 1 heterocycles. The van der Waals surface area contributed by atoms with E-state index in [1.54, 1.807) is 36.4 Å². The lowest BCUT2D eigenvalue weighted by Gasteiger charge is -2.08. The first kappa shape index (κ1) is 20.2. The molecule has 1 aromatic heterocycles. The summed E-state index contributed by atoms with van der Waals surface area (Å²) >= 11 is 0. The molecule has 2 aromatic carbocycles. The molecule has 0 radical (unpaired) electrons. The van der Waals surface area contributed by atoms with E-state index in [0.717, 1.165) is 12.8 Å². The van der Waals surface area contributed by atoms with Crippen LogP contribution in [0.15, 0.2) is 48.6 Å². The van der Waals surface area contributed by atoms with E-state index in [1.807, 2.05) is 0 Å². The molecule has 8 heteroatoms. The van der Waals surface area contributed by atoms with Crippen molar-refractivity contribution < 1.29 is 24.5 Å². The molecule has 0 saturated carbocycles. The van der Waals surface area contributed by atoms with E-state index in [1.165, 1.54) is 4.80 Å². The number of fused-ring (bicyclic) bond motifs is 1. The van der Waals surface area contributed by atoms with Crippen LogP contribution in [0.25, 0.3) is 16.7 Å². The van der Waals surface area contributed by atoms with Crippen molar-refractivity contribution in [1.82, 2.24) is 15.0 Å². The summed E-state index contributed by atoms with van der Waals surface area (Å²) in [5.74, 6) is 0.123. The van der Waals surface area contributed by atoms with Gasteiger partial charge in [-0.3, -0.25) is 0 Å². The number of carbonyl (C=O) groups is 1. The SMILES string of the molecule is C=C(CCOc1ccc2nn(-c3ccc(OCCCC)cc3O)nc2c1)C(=O)O. The van der Waals surface area contributed by atoms with Gasteiger partial charge in [-0.25, -0.2) is 4.79 Å². The number of ether oxygens (including phenoxy) is 2. The molecule has 0 aliphatic heterocycles. The van der Waals surface area contributed by atoms with Gasteiger partial charge in [0.2, 0.25) is 0 Å². The maximum atomic E-state index is 10.8. The summed E-state index contributed by atoms with van der Waals surface area (Å²) in [4.78, 5) is 12.1. The summed E-state index contributed by atoms with van der Waals surface area (Å²) in [6.45, 7) is 6.35. The molecule has 0 saturated heterocycles. The predicted octanol–water partition coefficient (Wildman–Crippen LogP) is 3.71. The average molecular weight is 397 g/mol. The highest BCUT2D eigenvalue weighted by atomic mass is 16.5. The number of carboxylic acids is 1. The van der Waals surface area contributed by atoms with Crippen LogP contribution < -0.4 is 9.47 Å². The summed E-state index contributed by atoms with van der Waals surface area (Å²) in [6, 6.07) is 10.2. The van der Waals surface area contributed by atoms with Gasteiger partial charge in [-0.05, 0) is 30.7 Å². The zero-order valence-corrected chi connectivity index (χ0v) is 16.2. The molecule has 0 aliphatic carbocycles. The Morgan fingerprint density at radius 3 is 2.48 bits per heavy atom. The monoisotopic (exact) mass is 397 g/mol. The van der Waals surface area contributed by atoms with Crippen molar-refractivity contribution in [3.8, 4) is 22.9 Å². The van der Waals surface area contributed by atoms with Gasteiger partial charge in [-0.1, -0.05) is 19.9 Å². The normalized spacial score (nSPS) is 10.8. The van der Waals surface area contributed by atoms with Gasteiger partial charge in [-0.2, -0.15) is 0 Å². The number of hydrogen-bond acceptors (Lipinski definition) is 6. The smallest absolute Gasteiger partial charge is 0.331 e. The van der Waals surface area contributed by atoms with Gasteiger partial charge in [0.15, 0.2) is 0 Å². The van der Waals surface area contributed by atoms with Crippen LogP contribution in [0.5, 0.6) is 17.2 Å². The minimum Gasteiger partial charge on any atom is -0.505 e. The number of rotatable bonds is 10. The summed E-state index contributed by atoms with van der Waals surface area (Å²) in [5, 5.41) is 27.9. The van der Waals surface area contributed by atoms with Crippen LogP contribution in [-0.4, -0.2) is 44.4 Å². The van der Waals surface area contributed by atoms with Crippen LogP contribution in [0.3, 0.4) is 0 Å². The van der Waals surface area contributed by atoms with E-state index >= 15 is 0 Å². The Kier molecular flexibility index (Phi) is 6.33. The summed E-state index contributed by atoms with van der Waals surface area (Å²) in [5.41, 5.74) is 1.75. The minimum atomic E-state index is -1.03. The lowest BCUT2D eigenvalue weighted by molar-refractivity contribution is -0.132. The van der Waals surface area contributed by atoms with Crippen LogP contribution in [0.1, 0.15) is 26.2 Å². The number of aromatic nitrogens is 3. The van der Waals surface area contributed by atoms with Crippen molar-refractivity contribution in [2.75, 3.05) is 13.2 Å². The lowest BCUT2D eigenvalue weighted by atomic mass is 10.2. The molecular weight excluding hydrogens is 374 g/mol. The van der Waals surface area contributed by atoms with Crippen molar-refractivity contribution in [3.05, 3.63) is 48.6 Å². The van der Waals surface area contributed by atoms with E-state index in [4.69, 9.17) is 14.6 Å². The van der Waals surface area contributed by atoms with E-state index in [2.05, 4.69) is 23.7 Å². The first-order chi connectivity index (χ1) is 14.0. The van der Waals surface area contributed by atoms with Crippen molar-refractivity contribution in [3.63, 3.8) is 0 Å². The number of unbranched alkanes of at least 4 members (excludes halogenated alkanes) is 1. The maximum Gasteiger partial charge on any atom is 0.331 e. The van der Waals surface area contributed by atoms with E-state index in [-0.39, 0.29) is 24.4 Å². The fraction of sp³-hybridized carbons (Fsp3) is 0.286. The molecular formula is C21H23N3O5. The number of aromatic hydroxyl groups is 1. The number of phenolic OH excluding ortho intramolecular Hbond substituents is 1. The van der Waals surface area contributed by atoms with Crippen LogP contribution in [0.4, 0.5) is 0 Å². The molecule has 3 rings (SSSR count). The number of hydrogen-bond donors (Lipinski definition) is 2. The quantitative estimate of drug-likeness (QED) is 0.397. The fourth-order valence-corrected chi connectivity index (χ4v) is 2.59. The number of nitrogens with zero attached hydrogens (tertiary/aromatic N) is 3. The molecule has 0 fully saturated rings. The van der Waals surface area contributed by atoms with Crippen molar-refractivity contribution >= 4 is 17.0 Å². The topological polar surface area (TPSA) is 107 Å². The molecule has 29 heavy (non-hydrogen) atoms. The highest BCUT2D eigenvalue weighted by molar-refractivity contribution is 5.85. The largest absolute Gasteiger partial charge is 0.505 e. The highest BCUT2D eigenvalue weighted by Crippen LogP contribution is 2.27. The lowest BCUT2D eigenvalue weighted by Crippen LogP contribution is -2.05. The Morgan fingerprint density at radius 2 is 1.76 bits per heavy atom. The second-order valence-corrected chi connectivity index (χ2v) is 6.50. The van der Waals surface area contributed by atoms with Gasteiger partial charge in [0, 0.05) is 24.1 Å². The zero-order valence-electron chi connectivity index (χ0n) is 16.2. The Balaban J connectivity index is 1.72. The van der Waals surface area contributed by atoms with E-state index in [0.29, 0.717) is 34.8 Å². The van der Waals surface area contributed by atoms with E-state index < -0.39 is 5.97 Å². The van der Waals surface area contributed by atoms with Crippen molar-refractivity contribution in [2.24, 2.45) is 0 Å². The number of carboxylic acid groups (broad SMARTS) is 1. The van der Waals surface area contributed by atoms with Gasteiger partial charge in [-0.15, -0.1) is 15.0 Å². The van der Waals surface area contributed by atoms with E-state index in [9.17, 15) is 9.90 Å². The molecule has 0 amide bonds. The Morgan fingerprint density at radius 1 is 1.07 bits per heavy atom.